The van der Waals surface area contributed by atoms with E-state index in [9.17, 15) is 10.1 Å². The third-order valence-corrected chi connectivity index (χ3v) is 4.86. The van der Waals surface area contributed by atoms with E-state index in [1.54, 1.807) is 24.4 Å². The van der Waals surface area contributed by atoms with Crippen molar-refractivity contribution in [1.82, 2.24) is 4.98 Å². The van der Waals surface area contributed by atoms with Crippen molar-refractivity contribution in [2.45, 2.75) is 6.54 Å². The second kappa shape index (κ2) is 8.09. The summed E-state index contributed by atoms with van der Waals surface area (Å²) in [4.78, 5) is 15.5. The number of nitro benzene ring substituents is 1. The summed E-state index contributed by atoms with van der Waals surface area (Å²) in [6.45, 7) is 0.423. The summed E-state index contributed by atoms with van der Waals surface area (Å²) in [5.41, 5.74) is 0.404. The van der Waals surface area contributed by atoms with Crippen LogP contribution in [-0.4, -0.2) is 9.91 Å². The fourth-order valence-corrected chi connectivity index (χ4v) is 3.45. The summed E-state index contributed by atoms with van der Waals surface area (Å²) in [6, 6.07) is 9.12. The molecule has 1 aromatic heterocycles. The van der Waals surface area contributed by atoms with Gasteiger partial charge in [-0.3, -0.25) is 10.1 Å². The van der Waals surface area contributed by atoms with Gasteiger partial charge in [-0.2, -0.15) is 0 Å². The highest BCUT2D eigenvalue weighted by atomic mass is 35.5. The second-order valence-corrected chi connectivity index (χ2v) is 7.62. The molecule has 0 aliphatic rings. The van der Waals surface area contributed by atoms with Crippen LogP contribution in [0, 0.1) is 10.1 Å². The Morgan fingerprint density at radius 1 is 1.19 bits per heavy atom. The molecular weight excluding hydrogens is 421 g/mol. The summed E-state index contributed by atoms with van der Waals surface area (Å²) in [7, 11) is 0. The van der Waals surface area contributed by atoms with E-state index in [0.29, 0.717) is 32.5 Å². The lowest BCUT2D eigenvalue weighted by Crippen LogP contribution is -1.99. The van der Waals surface area contributed by atoms with Crippen LogP contribution in [0.1, 0.15) is 4.88 Å². The van der Waals surface area contributed by atoms with Crippen molar-refractivity contribution in [1.29, 1.82) is 0 Å². The van der Waals surface area contributed by atoms with Gasteiger partial charge in [0, 0.05) is 33.9 Å². The zero-order valence-electron chi connectivity index (χ0n) is 12.9. The number of halogens is 3. The lowest BCUT2D eigenvalue weighted by atomic mass is 10.2. The molecule has 0 atom stereocenters. The molecule has 0 bridgehead atoms. The Morgan fingerprint density at radius 2 is 2.00 bits per heavy atom. The van der Waals surface area contributed by atoms with Crippen LogP contribution in [0.3, 0.4) is 0 Å². The molecule has 134 valence electrons. The first kappa shape index (κ1) is 18.7. The van der Waals surface area contributed by atoms with Crippen LogP contribution in [0.25, 0.3) is 0 Å². The molecule has 6 nitrogen and oxygen atoms in total. The maximum atomic E-state index is 11.2. The minimum Gasteiger partial charge on any atom is -0.455 e. The Morgan fingerprint density at radius 3 is 2.65 bits per heavy atom. The average Bonchev–Trinajstić information content (AvgIpc) is 3.01. The molecule has 0 amide bonds. The first-order valence-electron chi connectivity index (χ1n) is 7.17. The summed E-state index contributed by atoms with van der Waals surface area (Å²) in [5, 5.41) is 15.1. The van der Waals surface area contributed by atoms with E-state index >= 15 is 0 Å². The fraction of sp³-hybridized carbons (Fsp3) is 0.0625. The van der Waals surface area contributed by atoms with Gasteiger partial charge >= 0.3 is 0 Å². The summed E-state index contributed by atoms with van der Waals surface area (Å²) in [5.74, 6) is 0.616. The molecule has 0 saturated carbocycles. The summed E-state index contributed by atoms with van der Waals surface area (Å²) < 4.78 is 6.12. The highest BCUT2D eigenvalue weighted by molar-refractivity contribution is 7.15. The van der Waals surface area contributed by atoms with E-state index in [2.05, 4.69) is 10.3 Å². The fourth-order valence-electron chi connectivity index (χ4n) is 2.09. The normalized spacial score (nSPS) is 10.6. The van der Waals surface area contributed by atoms with Gasteiger partial charge in [-0.05, 0) is 18.2 Å². The number of rotatable bonds is 6. The molecule has 3 aromatic rings. The van der Waals surface area contributed by atoms with Crippen LogP contribution in [0.15, 0.2) is 42.6 Å². The van der Waals surface area contributed by atoms with Crippen LogP contribution >= 0.6 is 46.1 Å². The maximum Gasteiger partial charge on any atom is 0.275 e. The molecule has 1 heterocycles. The number of thiazole rings is 1. The smallest absolute Gasteiger partial charge is 0.275 e. The predicted octanol–water partition coefficient (Wildman–Crippen LogP) is 6.42. The molecule has 26 heavy (non-hydrogen) atoms. The number of hydrogen-bond acceptors (Lipinski definition) is 6. The van der Waals surface area contributed by atoms with Crippen molar-refractivity contribution >= 4 is 57.5 Å². The molecule has 0 spiro atoms. The molecule has 0 saturated heterocycles. The molecule has 1 N–H and O–H groups in total. The van der Waals surface area contributed by atoms with Crippen LogP contribution in [-0.2, 0) is 6.54 Å². The van der Waals surface area contributed by atoms with Gasteiger partial charge < -0.3 is 10.1 Å². The highest BCUT2D eigenvalue weighted by Crippen LogP contribution is 2.34. The minimum absolute atomic E-state index is 0.113. The van der Waals surface area contributed by atoms with Crippen molar-refractivity contribution in [3.05, 3.63) is 72.1 Å². The largest absolute Gasteiger partial charge is 0.455 e. The number of nitro groups is 1. The Hall–Kier alpha value is -2.06. The number of nitrogens with zero attached hydrogens (tertiary/aromatic N) is 2. The standard InChI is InChI=1S/C16H10Cl3N3O3S/c17-9-1-2-15(14(18)3-9)25-12-5-10(4-11(6-12)22(23)24)20-7-13-8-21-16(19)26-13/h1-6,8,20H,7H2. The van der Waals surface area contributed by atoms with Crippen molar-refractivity contribution in [3.8, 4) is 11.5 Å². The molecule has 0 unspecified atom stereocenters. The molecule has 3 rings (SSSR count). The maximum absolute atomic E-state index is 11.2. The molecule has 2 aromatic carbocycles. The van der Waals surface area contributed by atoms with E-state index < -0.39 is 4.92 Å². The zero-order valence-corrected chi connectivity index (χ0v) is 16.0. The quantitative estimate of drug-likeness (QED) is 0.361. The van der Waals surface area contributed by atoms with Crippen LogP contribution in [0.4, 0.5) is 11.4 Å². The SMILES string of the molecule is O=[N+]([O-])c1cc(NCc2cnc(Cl)s2)cc(Oc2ccc(Cl)cc2Cl)c1. The number of anilines is 1. The number of nitrogens with one attached hydrogen (secondary N) is 1. The number of aromatic nitrogens is 1. The lowest BCUT2D eigenvalue weighted by molar-refractivity contribution is -0.384. The number of non-ortho nitro benzene ring substituents is 1. The first-order chi connectivity index (χ1) is 12.4. The van der Waals surface area contributed by atoms with Gasteiger partial charge in [-0.1, -0.05) is 34.8 Å². The van der Waals surface area contributed by atoms with Gasteiger partial charge in [0.1, 0.15) is 11.5 Å². The van der Waals surface area contributed by atoms with Gasteiger partial charge in [-0.25, -0.2) is 4.98 Å². The van der Waals surface area contributed by atoms with Crippen molar-refractivity contribution < 1.29 is 9.66 Å². The first-order valence-corrected chi connectivity index (χ1v) is 9.12. The van der Waals surface area contributed by atoms with Crippen LogP contribution < -0.4 is 10.1 Å². The molecule has 0 radical (unpaired) electrons. The van der Waals surface area contributed by atoms with E-state index in [1.165, 1.54) is 29.5 Å². The third kappa shape index (κ3) is 4.76. The Labute approximate surface area is 167 Å². The van der Waals surface area contributed by atoms with Crippen molar-refractivity contribution in [3.63, 3.8) is 0 Å². The van der Waals surface area contributed by atoms with Gasteiger partial charge in [0.25, 0.3) is 5.69 Å². The summed E-state index contributed by atoms with van der Waals surface area (Å²) >= 11 is 19.1. The van der Waals surface area contributed by atoms with Crippen LogP contribution in [0.2, 0.25) is 14.5 Å². The number of hydrogen-bond donors (Lipinski definition) is 1. The molecule has 0 aliphatic carbocycles. The molecular formula is C16H10Cl3N3O3S. The third-order valence-electron chi connectivity index (χ3n) is 3.22. The van der Waals surface area contributed by atoms with Crippen molar-refractivity contribution in [2.24, 2.45) is 0 Å². The van der Waals surface area contributed by atoms with E-state index in [0.717, 1.165) is 4.88 Å². The predicted molar refractivity (Wildman–Crippen MR) is 104 cm³/mol. The zero-order chi connectivity index (χ0) is 18.7. The Bertz CT molecular complexity index is 965. The summed E-state index contributed by atoms with van der Waals surface area (Å²) in [6.07, 6.45) is 1.64. The van der Waals surface area contributed by atoms with Crippen LogP contribution in [0.5, 0.6) is 11.5 Å². The molecule has 0 aliphatic heterocycles. The van der Waals surface area contributed by atoms with Gasteiger partial charge in [0.15, 0.2) is 4.47 Å². The molecule has 10 heteroatoms. The molecule has 0 fully saturated rings. The monoisotopic (exact) mass is 429 g/mol. The van der Waals surface area contributed by atoms with E-state index in [4.69, 9.17) is 39.5 Å². The highest BCUT2D eigenvalue weighted by Gasteiger charge is 2.13. The van der Waals surface area contributed by atoms with Gasteiger partial charge in [0.05, 0.1) is 22.6 Å². The van der Waals surface area contributed by atoms with Crippen molar-refractivity contribution in [2.75, 3.05) is 5.32 Å². The number of ether oxygens (including phenoxy) is 1. The topological polar surface area (TPSA) is 77.3 Å². The minimum atomic E-state index is -0.495. The van der Waals surface area contributed by atoms with E-state index in [1.807, 2.05) is 0 Å². The number of benzene rings is 2. The Kier molecular flexibility index (Phi) is 5.83. The second-order valence-electron chi connectivity index (χ2n) is 5.08. The lowest BCUT2D eigenvalue weighted by Gasteiger charge is -2.10. The average molecular weight is 431 g/mol. The van der Waals surface area contributed by atoms with Gasteiger partial charge in [-0.15, -0.1) is 11.3 Å². The van der Waals surface area contributed by atoms with Gasteiger partial charge in [0.2, 0.25) is 0 Å². The Balaban J connectivity index is 1.84. The van der Waals surface area contributed by atoms with E-state index in [-0.39, 0.29) is 11.4 Å².